The van der Waals surface area contributed by atoms with Crippen molar-refractivity contribution >= 4 is 29.1 Å². The number of rotatable bonds is 5. The highest BCUT2D eigenvalue weighted by Crippen LogP contribution is 2.31. The fourth-order valence-electron chi connectivity index (χ4n) is 3.37. The zero-order valence-electron chi connectivity index (χ0n) is 15.3. The van der Waals surface area contributed by atoms with Crippen molar-refractivity contribution in [2.45, 2.75) is 12.8 Å². The number of carbonyl (C=O) groups is 2. The lowest BCUT2D eigenvalue weighted by Gasteiger charge is -2.25. The normalized spacial score (nSPS) is 15.3. The van der Waals surface area contributed by atoms with Crippen molar-refractivity contribution in [2.24, 2.45) is 0 Å². The molecule has 0 fully saturated rings. The van der Waals surface area contributed by atoms with Crippen LogP contribution in [0.5, 0.6) is 0 Å². The molecule has 0 saturated heterocycles. The molecule has 2 heterocycles. The van der Waals surface area contributed by atoms with Gasteiger partial charge in [0.05, 0.1) is 6.42 Å². The lowest BCUT2D eigenvalue weighted by atomic mass is 10.1. The third-order valence-electron chi connectivity index (χ3n) is 4.90. The minimum atomic E-state index is -0.161. The standard InChI is InChI=1S/C22H20ClN3O2/c23-19-6-7-20-18(14-19)15-21(27)26(20)16-22(28)25-12-10-24(11-13-25)9-8-17-4-2-1-3-5-17/h1-7,10-14H,8-9,15-16H2. The Labute approximate surface area is 169 Å². The summed E-state index contributed by atoms with van der Waals surface area (Å²) in [5.74, 6) is -0.244. The lowest BCUT2D eigenvalue weighted by Crippen LogP contribution is -2.38. The lowest BCUT2D eigenvalue weighted by molar-refractivity contribution is -0.127. The fourth-order valence-corrected chi connectivity index (χ4v) is 3.57. The van der Waals surface area contributed by atoms with E-state index in [1.165, 1.54) is 15.4 Å². The molecule has 0 atom stereocenters. The Morgan fingerprint density at radius 1 is 1.00 bits per heavy atom. The number of carbonyl (C=O) groups excluding carboxylic acids is 2. The monoisotopic (exact) mass is 393 g/mol. The number of nitrogens with zero attached hydrogens (tertiary/aromatic N) is 3. The molecule has 0 bridgehead atoms. The predicted molar refractivity (Wildman–Crippen MR) is 109 cm³/mol. The highest BCUT2D eigenvalue weighted by molar-refractivity contribution is 6.31. The highest BCUT2D eigenvalue weighted by Gasteiger charge is 2.30. The summed E-state index contributed by atoms with van der Waals surface area (Å²) in [5, 5.41) is 0.595. The average Bonchev–Trinajstić information content (AvgIpc) is 3.01. The molecule has 0 aliphatic carbocycles. The molecule has 2 amide bonds. The Balaban J connectivity index is 1.34. The van der Waals surface area contributed by atoms with Crippen LogP contribution in [0.4, 0.5) is 5.69 Å². The number of benzene rings is 2. The number of hydrogen-bond acceptors (Lipinski definition) is 3. The first-order chi connectivity index (χ1) is 13.6. The maximum absolute atomic E-state index is 12.6. The van der Waals surface area contributed by atoms with Crippen LogP contribution in [0.15, 0.2) is 73.3 Å². The number of hydrogen-bond donors (Lipinski definition) is 0. The minimum absolute atomic E-state index is 0.00611. The smallest absolute Gasteiger partial charge is 0.250 e. The van der Waals surface area contributed by atoms with Gasteiger partial charge in [-0.2, -0.15) is 0 Å². The Kier molecular flexibility index (Phi) is 5.17. The molecule has 0 spiro atoms. The maximum atomic E-state index is 12.6. The molecule has 2 aromatic carbocycles. The predicted octanol–water partition coefficient (Wildman–Crippen LogP) is 3.56. The molecular formula is C22H20ClN3O2. The molecular weight excluding hydrogens is 374 g/mol. The number of fused-ring (bicyclic) bond motifs is 1. The molecule has 0 unspecified atom stereocenters. The molecule has 142 valence electrons. The van der Waals surface area contributed by atoms with Crippen LogP contribution in [-0.4, -0.2) is 34.7 Å². The zero-order chi connectivity index (χ0) is 19.5. The molecule has 28 heavy (non-hydrogen) atoms. The van der Waals surface area contributed by atoms with Gasteiger partial charge in [0, 0.05) is 42.1 Å². The van der Waals surface area contributed by atoms with Crippen molar-refractivity contribution in [2.75, 3.05) is 18.0 Å². The first-order valence-corrected chi connectivity index (χ1v) is 9.54. The van der Waals surface area contributed by atoms with Crippen LogP contribution in [0, 0.1) is 0 Å². The molecule has 0 radical (unpaired) electrons. The molecule has 2 aliphatic heterocycles. The van der Waals surface area contributed by atoms with Crippen LogP contribution in [0.1, 0.15) is 11.1 Å². The molecule has 0 N–H and O–H groups in total. The van der Waals surface area contributed by atoms with E-state index < -0.39 is 0 Å². The van der Waals surface area contributed by atoms with Gasteiger partial charge in [-0.05, 0) is 35.7 Å². The summed E-state index contributed by atoms with van der Waals surface area (Å²) in [6.45, 7) is 0.837. The van der Waals surface area contributed by atoms with Crippen molar-refractivity contribution in [1.29, 1.82) is 0 Å². The van der Waals surface area contributed by atoms with Gasteiger partial charge in [0.2, 0.25) is 5.91 Å². The van der Waals surface area contributed by atoms with Crippen LogP contribution in [0.3, 0.4) is 0 Å². The van der Waals surface area contributed by atoms with Crippen LogP contribution >= 0.6 is 11.6 Å². The molecule has 2 aromatic rings. The van der Waals surface area contributed by atoms with Gasteiger partial charge >= 0.3 is 0 Å². The second-order valence-corrected chi connectivity index (χ2v) is 7.24. The van der Waals surface area contributed by atoms with Gasteiger partial charge in [-0.3, -0.25) is 14.5 Å². The van der Waals surface area contributed by atoms with Crippen LogP contribution in [-0.2, 0) is 22.4 Å². The van der Waals surface area contributed by atoms with E-state index in [1.807, 2.05) is 35.5 Å². The van der Waals surface area contributed by atoms with Gasteiger partial charge in [0.25, 0.3) is 5.91 Å². The number of anilines is 1. The van der Waals surface area contributed by atoms with Crippen molar-refractivity contribution in [3.8, 4) is 0 Å². The van der Waals surface area contributed by atoms with Crippen LogP contribution in [0.25, 0.3) is 0 Å². The molecule has 6 heteroatoms. The van der Waals surface area contributed by atoms with E-state index in [1.54, 1.807) is 30.6 Å². The van der Waals surface area contributed by atoms with E-state index in [-0.39, 0.29) is 24.8 Å². The number of amides is 2. The summed E-state index contributed by atoms with van der Waals surface area (Å²) in [7, 11) is 0. The van der Waals surface area contributed by atoms with Crippen LogP contribution in [0.2, 0.25) is 5.02 Å². The van der Waals surface area contributed by atoms with Gasteiger partial charge in [-0.15, -0.1) is 0 Å². The molecule has 4 rings (SSSR count). The summed E-state index contributed by atoms with van der Waals surface area (Å²) >= 11 is 6.00. The SMILES string of the molecule is O=C(CN1C(=O)Cc2cc(Cl)ccc21)N1C=CN(CCc2ccccc2)C=C1. The largest absolute Gasteiger partial charge is 0.351 e. The van der Waals surface area contributed by atoms with Gasteiger partial charge in [0.1, 0.15) is 6.54 Å². The van der Waals surface area contributed by atoms with Gasteiger partial charge in [-0.1, -0.05) is 41.9 Å². The second kappa shape index (κ2) is 7.90. The van der Waals surface area contributed by atoms with E-state index in [2.05, 4.69) is 12.1 Å². The van der Waals surface area contributed by atoms with Gasteiger partial charge in [-0.25, -0.2) is 0 Å². The molecule has 0 saturated carbocycles. The first-order valence-electron chi connectivity index (χ1n) is 9.16. The van der Waals surface area contributed by atoms with Crippen molar-refractivity contribution in [1.82, 2.24) is 9.80 Å². The van der Waals surface area contributed by atoms with E-state index >= 15 is 0 Å². The molecule has 2 aliphatic rings. The van der Waals surface area contributed by atoms with E-state index in [0.29, 0.717) is 5.02 Å². The minimum Gasteiger partial charge on any atom is -0.351 e. The van der Waals surface area contributed by atoms with Gasteiger partial charge < -0.3 is 9.80 Å². The quantitative estimate of drug-likeness (QED) is 0.780. The Bertz CT molecular complexity index is 942. The average molecular weight is 394 g/mol. The van der Waals surface area contributed by atoms with Crippen LogP contribution < -0.4 is 4.90 Å². The summed E-state index contributed by atoms with van der Waals surface area (Å²) in [5.41, 5.74) is 2.90. The van der Waals surface area contributed by atoms with Gasteiger partial charge in [0.15, 0.2) is 0 Å². The topological polar surface area (TPSA) is 43.9 Å². The summed E-state index contributed by atoms with van der Waals surface area (Å²) < 4.78 is 0. The maximum Gasteiger partial charge on any atom is 0.250 e. The van der Waals surface area contributed by atoms with E-state index in [0.717, 1.165) is 24.2 Å². The van der Waals surface area contributed by atoms with Crippen molar-refractivity contribution in [3.63, 3.8) is 0 Å². The van der Waals surface area contributed by atoms with E-state index in [9.17, 15) is 9.59 Å². The zero-order valence-corrected chi connectivity index (χ0v) is 16.0. The summed E-state index contributed by atoms with van der Waals surface area (Å²) in [6.07, 6.45) is 8.42. The summed E-state index contributed by atoms with van der Waals surface area (Å²) in [6, 6.07) is 15.6. The number of halogens is 1. The van der Waals surface area contributed by atoms with Crippen molar-refractivity contribution in [3.05, 3.63) is 89.5 Å². The van der Waals surface area contributed by atoms with E-state index in [4.69, 9.17) is 11.6 Å². The fraction of sp³-hybridized carbons (Fsp3) is 0.182. The highest BCUT2D eigenvalue weighted by atomic mass is 35.5. The second-order valence-electron chi connectivity index (χ2n) is 6.80. The Morgan fingerprint density at radius 3 is 2.50 bits per heavy atom. The first kappa shape index (κ1) is 18.3. The Hall–Kier alpha value is -3.05. The molecule has 5 nitrogen and oxygen atoms in total. The third-order valence-corrected chi connectivity index (χ3v) is 5.13. The third kappa shape index (κ3) is 3.94. The summed E-state index contributed by atoms with van der Waals surface area (Å²) in [4.78, 5) is 30.0. The Morgan fingerprint density at radius 2 is 1.75 bits per heavy atom. The molecule has 0 aromatic heterocycles. The van der Waals surface area contributed by atoms with Crippen molar-refractivity contribution < 1.29 is 9.59 Å².